The maximum absolute atomic E-state index is 4.69. The number of nitrogens with zero attached hydrogens (tertiary/aromatic N) is 3. The van der Waals surface area contributed by atoms with Gasteiger partial charge in [-0.05, 0) is 60.3 Å². The number of aromatic nitrogens is 2. The normalized spacial score (nSPS) is 14.7. The lowest BCUT2D eigenvalue weighted by atomic mass is 10.0. The van der Waals surface area contributed by atoms with E-state index >= 15 is 0 Å². The third-order valence-corrected chi connectivity index (χ3v) is 6.89. The Balaban J connectivity index is 1.04. The van der Waals surface area contributed by atoms with Crippen LogP contribution in [0.5, 0.6) is 0 Å². The van der Waals surface area contributed by atoms with Crippen molar-refractivity contribution in [2.45, 2.75) is 45.1 Å². The van der Waals surface area contributed by atoms with Crippen molar-refractivity contribution in [3.8, 4) is 11.3 Å². The summed E-state index contributed by atoms with van der Waals surface area (Å²) in [7, 11) is 0. The molecule has 0 aliphatic carbocycles. The first-order chi connectivity index (χ1) is 17.8. The van der Waals surface area contributed by atoms with Crippen LogP contribution in [-0.2, 0) is 26.2 Å². The fraction of sp³-hybridized carbons (Fsp3) is 0.290. The van der Waals surface area contributed by atoms with E-state index in [1.54, 1.807) is 6.20 Å². The summed E-state index contributed by atoms with van der Waals surface area (Å²) in [6.07, 6.45) is 8.07. The SMILES string of the molecule is c1ccc(CN2CCC(NCc3ccc(-c4ccc(CNCc5cccnc5)cn4)cc3)CC2)cc1. The van der Waals surface area contributed by atoms with Gasteiger partial charge < -0.3 is 10.6 Å². The standard InChI is InChI=1S/C31H35N5/c1-2-5-26(6-3-1)24-36-17-14-30(15-18-36)34-22-25-8-11-29(12-9-25)31-13-10-28(23-35-31)21-33-20-27-7-4-16-32-19-27/h1-13,16,19,23,30,33-34H,14-15,17-18,20-22,24H2. The minimum Gasteiger partial charge on any atom is -0.310 e. The minimum absolute atomic E-state index is 0.595. The van der Waals surface area contributed by atoms with Crippen LogP contribution in [0.25, 0.3) is 11.3 Å². The van der Waals surface area contributed by atoms with Gasteiger partial charge in [0.05, 0.1) is 5.69 Å². The topological polar surface area (TPSA) is 53.1 Å². The third-order valence-electron chi connectivity index (χ3n) is 6.89. The predicted octanol–water partition coefficient (Wildman–Crippen LogP) is 5.19. The molecule has 1 fully saturated rings. The predicted molar refractivity (Wildman–Crippen MR) is 146 cm³/mol. The summed E-state index contributed by atoms with van der Waals surface area (Å²) < 4.78 is 0. The van der Waals surface area contributed by atoms with Crippen molar-refractivity contribution in [3.05, 3.63) is 120 Å². The molecule has 36 heavy (non-hydrogen) atoms. The van der Waals surface area contributed by atoms with Gasteiger partial charge in [0.1, 0.15) is 0 Å². The van der Waals surface area contributed by atoms with Crippen LogP contribution in [0.4, 0.5) is 0 Å². The maximum atomic E-state index is 4.69. The van der Waals surface area contributed by atoms with Gasteiger partial charge in [0, 0.05) is 56.4 Å². The number of benzene rings is 2. The van der Waals surface area contributed by atoms with Crippen LogP contribution in [0.1, 0.15) is 35.1 Å². The van der Waals surface area contributed by atoms with Gasteiger partial charge in [-0.1, -0.05) is 66.7 Å². The van der Waals surface area contributed by atoms with Crippen molar-refractivity contribution < 1.29 is 0 Å². The highest BCUT2D eigenvalue weighted by molar-refractivity contribution is 5.59. The average molecular weight is 478 g/mol. The Bertz CT molecular complexity index is 1170. The number of nitrogens with one attached hydrogen (secondary N) is 2. The number of pyridine rings is 2. The summed E-state index contributed by atoms with van der Waals surface area (Å²) in [6.45, 7) is 5.89. The summed E-state index contributed by atoms with van der Waals surface area (Å²) in [5.74, 6) is 0. The van der Waals surface area contributed by atoms with Crippen LogP contribution < -0.4 is 10.6 Å². The van der Waals surface area contributed by atoms with Crippen LogP contribution in [0, 0.1) is 0 Å². The Morgan fingerprint density at radius 1 is 0.694 bits per heavy atom. The second-order valence-electron chi connectivity index (χ2n) is 9.63. The molecule has 5 nitrogen and oxygen atoms in total. The van der Waals surface area contributed by atoms with E-state index in [9.17, 15) is 0 Å². The zero-order valence-electron chi connectivity index (χ0n) is 20.8. The second kappa shape index (κ2) is 12.5. The number of rotatable bonds is 10. The minimum atomic E-state index is 0.595. The Morgan fingerprint density at radius 3 is 2.11 bits per heavy atom. The molecule has 0 unspecified atom stereocenters. The van der Waals surface area contributed by atoms with Gasteiger partial charge in [-0.25, -0.2) is 0 Å². The van der Waals surface area contributed by atoms with Crippen LogP contribution in [0.2, 0.25) is 0 Å². The summed E-state index contributed by atoms with van der Waals surface area (Å²) in [4.78, 5) is 11.4. The van der Waals surface area contributed by atoms with Gasteiger partial charge >= 0.3 is 0 Å². The van der Waals surface area contributed by atoms with E-state index in [0.717, 1.165) is 50.5 Å². The van der Waals surface area contributed by atoms with Crippen LogP contribution >= 0.6 is 0 Å². The molecular formula is C31H35N5. The highest BCUT2D eigenvalue weighted by atomic mass is 15.1. The lowest BCUT2D eigenvalue weighted by Gasteiger charge is -2.32. The van der Waals surface area contributed by atoms with Crippen molar-refractivity contribution in [1.29, 1.82) is 0 Å². The molecule has 0 spiro atoms. The van der Waals surface area contributed by atoms with E-state index in [4.69, 9.17) is 0 Å². The van der Waals surface area contributed by atoms with Gasteiger partial charge in [-0.15, -0.1) is 0 Å². The van der Waals surface area contributed by atoms with E-state index < -0.39 is 0 Å². The summed E-state index contributed by atoms with van der Waals surface area (Å²) >= 11 is 0. The number of likely N-dealkylation sites (tertiary alicyclic amines) is 1. The van der Waals surface area contributed by atoms with Crippen molar-refractivity contribution in [1.82, 2.24) is 25.5 Å². The van der Waals surface area contributed by atoms with Crippen LogP contribution in [0.15, 0.2) is 97.5 Å². The molecule has 2 aromatic heterocycles. The third kappa shape index (κ3) is 7.08. The molecule has 1 aliphatic rings. The van der Waals surface area contributed by atoms with Crippen molar-refractivity contribution >= 4 is 0 Å². The first kappa shape index (κ1) is 24.3. The fourth-order valence-electron chi connectivity index (χ4n) is 4.75. The number of piperidine rings is 1. The molecule has 2 N–H and O–H groups in total. The molecule has 0 atom stereocenters. The van der Waals surface area contributed by atoms with E-state index in [1.165, 1.54) is 35.1 Å². The lowest BCUT2D eigenvalue weighted by Crippen LogP contribution is -2.41. The molecule has 2 aromatic carbocycles. The quantitative estimate of drug-likeness (QED) is 0.329. The van der Waals surface area contributed by atoms with Crippen molar-refractivity contribution in [2.24, 2.45) is 0 Å². The Labute approximate surface area is 214 Å². The summed E-state index contributed by atoms with van der Waals surface area (Å²) in [5, 5.41) is 7.22. The van der Waals surface area contributed by atoms with E-state index in [1.807, 2.05) is 18.5 Å². The highest BCUT2D eigenvalue weighted by Crippen LogP contribution is 2.19. The Hall–Kier alpha value is -3.38. The van der Waals surface area contributed by atoms with Gasteiger partial charge in [0.2, 0.25) is 0 Å². The molecule has 1 saturated heterocycles. The average Bonchev–Trinajstić information content (AvgIpc) is 2.95. The lowest BCUT2D eigenvalue weighted by molar-refractivity contribution is 0.190. The van der Waals surface area contributed by atoms with Crippen LogP contribution in [0.3, 0.4) is 0 Å². The van der Waals surface area contributed by atoms with E-state index in [2.05, 4.69) is 98.3 Å². The molecule has 1 aliphatic heterocycles. The smallest absolute Gasteiger partial charge is 0.0702 e. The van der Waals surface area contributed by atoms with Crippen molar-refractivity contribution in [3.63, 3.8) is 0 Å². The van der Waals surface area contributed by atoms with Gasteiger partial charge in [-0.2, -0.15) is 0 Å². The van der Waals surface area contributed by atoms with Gasteiger partial charge in [-0.3, -0.25) is 14.9 Å². The maximum Gasteiger partial charge on any atom is 0.0702 e. The summed E-state index contributed by atoms with van der Waals surface area (Å²) in [6, 6.07) is 28.5. The molecule has 4 aromatic rings. The van der Waals surface area contributed by atoms with Gasteiger partial charge in [0.25, 0.3) is 0 Å². The molecular weight excluding hydrogens is 442 g/mol. The second-order valence-corrected chi connectivity index (χ2v) is 9.63. The van der Waals surface area contributed by atoms with E-state index in [-0.39, 0.29) is 0 Å². The monoisotopic (exact) mass is 477 g/mol. The number of hydrogen-bond donors (Lipinski definition) is 2. The first-order valence-corrected chi connectivity index (χ1v) is 13.0. The highest BCUT2D eigenvalue weighted by Gasteiger charge is 2.18. The zero-order chi connectivity index (χ0) is 24.4. The molecule has 0 amide bonds. The Morgan fingerprint density at radius 2 is 1.42 bits per heavy atom. The summed E-state index contributed by atoms with van der Waals surface area (Å²) in [5.41, 5.74) is 7.26. The molecule has 184 valence electrons. The fourth-order valence-corrected chi connectivity index (χ4v) is 4.75. The Kier molecular flexibility index (Phi) is 8.47. The molecule has 3 heterocycles. The molecule has 0 bridgehead atoms. The molecule has 5 rings (SSSR count). The molecule has 0 radical (unpaired) electrons. The van der Waals surface area contributed by atoms with E-state index in [0.29, 0.717) is 6.04 Å². The largest absolute Gasteiger partial charge is 0.310 e. The first-order valence-electron chi connectivity index (χ1n) is 13.0. The van der Waals surface area contributed by atoms with Crippen LogP contribution in [-0.4, -0.2) is 34.0 Å². The number of hydrogen-bond acceptors (Lipinski definition) is 5. The van der Waals surface area contributed by atoms with Crippen molar-refractivity contribution in [2.75, 3.05) is 13.1 Å². The van der Waals surface area contributed by atoms with Gasteiger partial charge in [0.15, 0.2) is 0 Å². The zero-order valence-corrected chi connectivity index (χ0v) is 20.8. The molecule has 5 heteroatoms. The molecule has 0 saturated carbocycles.